The van der Waals surface area contributed by atoms with Crippen LogP contribution in [0.1, 0.15) is 38.1 Å². The van der Waals surface area contributed by atoms with Crippen LogP contribution in [0.5, 0.6) is 5.75 Å². The van der Waals surface area contributed by atoms with Crippen LogP contribution in [0.4, 0.5) is 11.4 Å². The number of methoxy groups -OCH3 is 1. The quantitative estimate of drug-likeness (QED) is 0.782. The molecule has 1 fully saturated rings. The molecule has 28 heavy (non-hydrogen) atoms. The van der Waals surface area contributed by atoms with E-state index < -0.39 is 0 Å². The molecule has 0 unspecified atom stereocenters. The highest BCUT2D eigenvalue weighted by atomic mass is 32.2. The number of nitrogens with zero attached hydrogens (tertiary/aromatic N) is 1. The highest BCUT2D eigenvalue weighted by molar-refractivity contribution is 8.00. The van der Waals surface area contributed by atoms with Crippen molar-refractivity contribution in [1.82, 2.24) is 0 Å². The molecule has 2 aromatic carbocycles. The predicted molar refractivity (Wildman–Crippen MR) is 115 cm³/mol. The number of thioether (sulfide) groups is 1. The fourth-order valence-electron chi connectivity index (χ4n) is 3.17. The van der Waals surface area contributed by atoms with E-state index in [1.165, 1.54) is 0 Å². The van der Waals surface area contributed by atoms with Crippen molar-refractivity contribution in [2.75, 3.05) is 23.1 Å². The lowest BCUT2D eigenvalue weighted by atomic mass is 9.92. The summed E-state index contributed by atoms with van der Waals surface area (Å²) in [6, 6.07) is 15.2. The highest BCUT2D eigenvalue weighted by Gasteiger charge is 2.34. The first-order valence-corrected chi connectivity index (χ1v) is 10.3. The van der Waals surface area contributed by atoms with Gasteiger partial charge in [0.25, 0.3) is 0 Å². The van der Waals surface area contributed by atoms with Gasteiger partial charge in [0.15, 0.2) is 0 Å². The van der Waals surface area contributed by atoms with Gasteiger partial charge in [0.2, 0.25) is 11.8 Å². The van der Waals surface area contributed by atoms with Crippen LogP contribution in [0.25, 0.3) is 0 Å². The summed E-state index contributed by atoms with van der Waals surface area (Å²) in [5, 5.41) is 2.84. The molecule has 2 aromatic rings. The summed E-state index contributed by atoms with van der Waals surface area (Å²) < 4.78 is 5.30. The number of amides is 2. The Morgan fingerprint density at radius 3 is 2.68 bits per heavy atom. The molecule has 0 radical (unpaired) electrons. The first kappa shape index (κ1) is 20.3. The molecular formula is C22H26N2O3S. The van der Waals surface area contributed by atoms with E-state index in [0.29, 0.717) is 17.9 Å². The van der Waals surface area contributed by atoms with Crippen molar-refractivity contribution in [3.8, 4) is 5.75 Å². The number of carbonyl (C=O) groups excluding carboxylic acids is 2. The van der Waals surface area contributed by atoms with Crippen molar-refractivity contribution in [3.63, 3.8) is 0 Å². The first-order chi connectivity index (χ1) is 13.3. The van der Waals surface area contributed by atoms with Gasteiger partial charge < -0.3 is 10.1 Å². The van der Waals surface area contributed by atoms with E-state index in [0.717, 1.165) is 16.9 Å². The Morgan fingerprint density at radius 2 is 1.96 bits per heavy atom. The molecule has 6 heteroatoms. The third-order valence-electron chi connectivity index (χ3n) is 4.35. The van der Waals surface area contributed by atoms with Crippen LogP contribution in [0.3, 0.4) is 0 Å². The zero-order valence-corrected chi connectivity index (χ0v) is 17.5. The van der Waals surface area contributed by atoms with Gasteiger partial charge in [0.1, 0.15) is 11.1 Å². The molecule has 0 aromatic heterocycles. The van der Waals surface area contributed by atoms with Gasteiger partial charge in [-0.25, -0.2) is 0 Å². The molecule has 1 atom stereocenters. The van der Waals surface area contributed by atoms with Crippen LogP contribution in [-0.4, -0.2) is 24.7 Å². The number of nitrogens with one attached hydrogen (secondary N) is 1. The van der Waals surface area contributed by atoms with E-state index in [-0.39, 0.29) is 22.6 Å². The van der Waals surface area contributed by atoms with Crippen LogP contribution in [0, 0.1) is 5.41 Å². The van der Waals surface area contributed by atoms with Crippen LogP contribution in [0.2, 0.25) is 0 Å². The average Bonchev–Trinajstić information content (AvgIpc) is 3.02. The molecule has 3 rings (SSSR count). The van der Waals surface area contributed by atoms with Gasteiger partial charge in [0.05, 0.1) is 12.9 Å². The monoisotopic (exact) mass is 398 g/mol. The molecule has 1 aliphatic rings. The third kappa shape index (κ3) is 4.87. The SMILES string of the molecule is COc1cccc(N2C(=O)CS[C@H]2c2cccc(NC(=O)CC(C)(C)C)c2)c1. The number of carbonyl (C=O) groups is 2. The van der Waals surface area contributed by atoms with Crippen molar-refractivity contribution < 1.29 is 14.3 Å². The number of anilines is 2. The second kappa shape index (κ2) is 8.27. The second-order valence-electron chi connectivity index (χ2n) is 8.04. The number of hydrogen-bond donors (Lipinski definition) is 1. The Balaban J connectivity index is 1.83. The predicted octanol–water partition coefficient (Wildman–Crippen LogP) is 4.85. The maximum Gasteiger partial charge on any atom is 0.238 e. The van der Waals surface area contributed by atoms with Gasteiger partial charge in [-0.15, -0.1) is 11.8 Å². The van der Waals surface area contributed by atoms with Gasteiger partial charge in [-0.3, -0.25) is 14.5 Å². The summed E-state index contributed by atoms with van der Waals surface area (Å²) in [5.41, 5.74) is 2.46. The molecule has 0 aliphatic carbocycles. The molecule has 2 amide bonds. The second-order valence-corrected chi connectivity index (χ2v) is 9.11. The lowest BCUT2D eigenvalue weighted by Crippen LogP contribution is -2.27. The molecule has 1 saturated heterocycles. The molecule has 0 bridgehead atoms. The fraction of sp³-hybridized carbons (Fsp3) is 0.364. The van der Waals surface area contributed by atoms with Crippen LogP contribution in [-0.2, 0) is 9.59 Å². The van der Waals surface area contributed by atoms with E-state index in [2.05, 4.69) is 5.32 Å². The maximum atomic E-state index is 12.6. The van der Waals surface area contributed by atoms with Crippen LogP contribution in [0.15, 0.2) is 48.5 Å². The largest absolute Gasteiger partial charge is 0.497 e. The van der Waals surface area contributed by atoms with Crippen molar-refractivity contribution in [3.05, 3.63) is 54.1 Å². The Labute approximate surface area is 170 Å². The molecule has 5 nitrogen and oxygen atoms in total. The van der Waals surface area contributed by atoms with E-state index >= 15 is 0 Å². The summed E-state index contributed by atoms with van der Waals surface area (Å²) in [6.07, 6.45) is 0.448. The van der Waals surface area contributed by atoms with Crippen molar-refractivity contribution >= 4 is 35.0 Å². The summed E-state index contributed by atoms with van der Waals surface area (Å²) in [6.45, 7) is 6.11. The van der Waals surface area contributed by atoms with E-state index in [1.54, 1.807) is 23.8 Å². The smallest absolute Gasteiger partial charge is 0.238 e. The topological polar surface area (TPSA) is 58.6 Å². The minimum atomic E-state index is -0.140. The van der Waals surface area contributed by atoms with Gasteiger partial charge in [-0.1, -0.05) is 39.0 Å². The minimum Gasteiger partial charge on any atom is -0.497 e. The number of ether oxygens (including phenoxy) is 1. The first-order valence-electron chi connectivity index (χ1n) is 9.24. The zero-order chi connectivity index (χ0) is 20.3. The van der Waals surface area contributed by atoms with Crippen LogP contribution >= 0.6 is 11.8 Å². The molecular weight excluding hydrogens is 372 g/mol. The zero-order valence-electron chi connectivity index (χ0n) is 16.7. The Hall–Kier alpha value is -2.47. The number of benzene rings is 2. The lowest BCUT2D eigenvalue weighted by molar-refractivity contribution is -0.118. The molecule has 1 heterocycles. The van der Waals surface area contributed by atoms with Gasteiger partial charge in [0, 0.05) is 23.9 Å². The average molecular weight is 399 g/mol. The molecule has 0 spiro atoms. The summed E-state index contributed by atoms with van der Waals surface area (Å²) in [7, 11) is 1.61. The summed E-state index contributed by atoms with van der Waals surface area (Å²) >= 11 is 1.58. The highest BCUT2D eigenvalue weighted by Crippen LogP contribution is 2.42. The van der Waals surface area contributed by atoms with E-state index in [9.17, 15) is 9.59 Å². The Morgan fingerprint density at radius 1 is 1.21 bits per heavy atom. The van der Waals surface area contributed by atoms with Gasteiger partial charge >= 0.3 is 0 Å². The Kier molecular flexibility index (Phi) is 5.98. The molecule has 1 aliphatic heterocycles. The lowest BCUT2D eigenvalue weighted by Gasteiger charge is -2.25. The standard InChI is InChI=1S/C22H26N2O3S/c1-22(2,3)13-19(25)23-16-8-5-7-15(11-16)21-24(20(26)14-28-21)17-9-6-10-18(12-17)27-4/h5-12,21H,13-14H2,1-4H3,(H,23,25)/t21-/m0/s1. The summed E-state index contributed by atoms with van der Waals surface area (Å²) in [5.74, 6) is 1.18. The number of hydrogen-bond acceptors (Lipinski definition) is 4. The van der Waals surface area contributed by atoms with Gasteiger partial charge in [-0.05, 0) is 35.2 Å². The minimum absolute atomic E-state index is 0.00977. The molecule has 1 N–H and O–H groups in total. The van der Waals surface area contributed by atoms with Crippen molar-refractivity contribution in [2.24, 2.45) is 5.41 Å². The summed E-state index contributed by atoms with van der Waals surface area (Å²) in [4.78, 5) is 26.6. The van der Waals surface area contributed by atoms with E-state index in [1.807, 2.05) is 69.3 Å². The normalized spacial score (nSPS) is 16.9. The molecule has 0 saturated carbocycles. The number of rotatable bonds is 5. The third-order valence-corrected chi connectivity index (χ3v) is 5.56. The fourth-order valence-corrected chi connectivity index (χ4v) is 4.33. The van der Waals surface area contributed by atoms with Crippen molar-refractivity contribution in [2.45, 2.75) is 32.6 Å². The van der Waals surface area contributed by atoms with E-state index in [4.69, 9.17) is 4.74 Å². The van der Waals surface area contributed by atoms with Gasteiger partial charge in [-0.2, -0.15) is 0 Å². The Bertz CT molecular complexity index is 876. The maximum absolute atomic E-state index is 12.6. The van der Waals surface area contributed by atoms with Crippen molar-refractivity contribution in [1.29, 1.82) is 0 Å². The molecule has 148 valence electrons. The van der Waals surface area contributed by atoms with Crippen LogP contribution < -0.4 is 15.0 Å².